The van der Waals surface area contributed by atoms with Gasteiger partial charge >= 0.3 is 22.9 Å². The minimum Gasteiger partial charge on any atom is -0.444 e. The second-order valence-electron chi connectivity index (χ2n) is 7.89. The molecule has 0 N–H and O–H groups in total. The van der Waals surface area contributed by atoms with Crippen molar-refractivity contribution in [3.05, 3.63) is 35.5 Å². The second-order valence-corrected chi connectivity index (χ2v) is 9.44. The van der Waals surface area contributed by atoms with E-state index in [1.165, 1.54) is 10.7 Å². The van der Waals surface area contributed by atoms with Crippen molar-refractivity contribution in [2.45, 2.75) is 50.8 Å². The average molecular weight is 461 g/mol. The van der Waals surface area contributed by atoms with E-state index in [4.69, 9.17) is 8.92 Å². The van der Waals surface area contributed by atoms with Crippen LogP contribution in [0.25, 0.3) is 5.69 Å². The van der Waals surface area contributed by atoms with E-state index in [1.807, 2.05) is 20.8 Å². The zero-order valence-electron chi connectivity index (χ0n) is 17.1. The quantitative estimate of drug-likeness (QED) is 0.558. The third kappa shape index (κ3) is 5.30. The third-order valence-electron chi connectivity index (χ3n) is 4.46. The van der Waals surface area contributed by atoms with Crippen molar-refractivity contribution in [1.29, 1.82) is 0 Å². The third-order valence-corrected chi connectivity index (χ3v) is 5.67. The van der Waals surface area contributed by atoms with Gasteiger partial charge in [-0.05, 0) is 45.4 Å². The van der Waals surface area contributed by atoms with Gasteiger partial charge in [0.15, 0.2) is 0 Å². The Bertz CT molecular complexity index is 1080. The summed E-state index contributed by atoms with van der Waals surface area (Å²) >= 11 is 0. The molecule has 1 aromatic heterocycles. The van der Waals surface area contributed by atoms with Crippen LogP contribution < -0.4 is 4.18 Å². The molecule has 4 rings (SSSR count). The standard InChI is InChI=1S/C18H21N3O5S.CHF3/c1-18(2,3)25-17(22)20-9-7-14-15(8-10-20)19-21-12-5-4-6-13(11-12)27(23,24)26-16(14)21;2-1(3)4/h4-6,11H,7-10H2,1-3H3;1H. The van der Waals surface area contributed by atoms with E-state index in [1.54, 1.807) is 23.1 Å². The maximum Gasteiger partial charge on any atom is 0.410 e. The predicted octanol–water partition coefficient (Wildman–Crippen LogP) is 3.47. The predicted molar refractivity (Wildman–Crippen MR) is 104 cm³/mol. The maximum atomic E-state index is 12.5. The Morgan fingerprint density at radius 3 is 2.48 bits per heavy atom. The zero-order valence-corrected chi connectivity index (χ0v) is 18.0. The summed E-state index contributed by atoms with van der Waals surface area (Å²) < 4.78 is 66.3. The van der Waals surface area contributed by atoms with Crippen LogP contribution in [0.5, 0.6) is 5.88 Å². The molecule has 8 nitrogen and oxygen atoms in total. The maximum absolute atomic E-state index is 12.5. The molecule has 0 aliphatic carbocycles. The second kappa shape index (κ2) is 8.40. The number of carbonyl (C=O) groups is 1. The van der Waals surface area contributed by atoms with E-state index in [0.29, 0.717) is 37.2 Å². The van der Waals surface area contributed by atoms with Crippen molar-refractivity contribution in [2.24, 2.45) is 0 Å². The summed E-state index contributed by atoms with van der Waals surface area (Å²) in [5.74, 6) is 0.206. The number of ether oxygens (including phenoxy) is 1. The fourth-order valence-corrected chi connectivity index (χ4v) is 4.21. The first-order chi connectivity index (χ1) is 14.4. The Balaban J connectivity index is 0.000000628. The molecule has 1 amide bonds. The van der Waals surface area contributed by atoms with Crippen LogP contribution in [0.3, 0.4) is 0 Å². The van der Waals surface area contributed by atoms with Crippen LogP contribution in [0.15, 0.2) is 29.2 Å². The lowest BCUT2D eigenvalue weighted by atomic mass is 10.1. The number of benzene rings is 1. The lowest BCUT2D eigenvalue weighted by Gasteiger charge is -2.26. The van der Waals surface area contributed by atoms with Gasteiger partial charge in [0.25, 0.3) is 0 Å². The number of hydrogen-bond acceptors (Lipinski definition) is 6. The van der Waals surface area contributed by atoms with Gasteiger partial charge in [0.1, 0.15) is 10.5 Å². The topological polar surface area (TPSA) is 90.7 Å². The molecule has 3 heterocycles. The summed E-state index contributed by atoms with van der Waals surface area (Å²) in [5, 5.41) is 4.57. The van der Waals surface area contributed by atoms with E-state index in [0.717, 1.165) is 5.69 Å². The van der Waals surface area contributed by atoms with E-state index in [2.05, 4.69) is 5.10 Å². The number of amides is 1. The number of rotatable bonds is 0. The highest BCUT2D eigenvalue weighted by Gasteiger charge is 2.32. The summed E-state index contributed by atoms with van der Waals surface area (Å²) in [6, 6.07) is 6.49. The lowest BCUT2D eigenvalue weighted by Crippen LogP contribution is -2.38. The molecule has 0 spiro atoms. The van der Waals surface area contributed by atoms with E-state index in [9.17, 15) is 26.4 Å². The van der Waals surface area contributed by atoms with Crippen LogP contribution in [0, 0.1) is 0 Å². The number of alkyl halides is 3. The molecule has 2 aliphatic heterocycles. The Morgan fingerprint density at radius 2 is 1.84 bits per heavy atom. The van der Waals surface area contributed by atoms with Crippen molar-refractivity contribution >= 4 is 16.2 Å². The van der Waals surface area contributed by atoms with Crippen LogP contribution >= 0.6 is 0 Å². The van der Waals surface area contributed by atoms with Gasteiger partial charge in [-0.3, -0.25) is 0 Å². The molecule has 2 aliphatic rings. The summed E-state index contributed by atoms with van der Waals surface area (Å²) in [5.41, 5.74) is 1.52. The molecule has 0 atom stereocenters. The van der Waals surface area contributed by atoms with Gasteiger partial charge in [0.2, 0.25) is 5.88 Å². The molecule has 0 unspecified atom stereocenters. The smallest absolute Gasteiger partial charge is 0.410 e. The van der Waals surface area contributed by atoms with Crippen LogP contribution in [0.4, 0.5) is 18.0 Å². The molecule has 0 radical (unpaired) electrons. The first-order valence-corrected chi connectivity index (χ1v) is 10.8. The van der Waals surface area contributed by atoms with E-state index >= 15 is 0 Å². The Hall–Kier alpha value is -2.76. The molecule has 0 saturated carbocycles. The molecule has 0 saturated heterocycles. The van der Waals surface area contributed by atoms with Crippen molar-refractivity contribution < 1.29 is 35.3 Å². The van der Waals surface area contributed by atoms with Crippen molar-refractivity contribution in [3.63, 3.8) is 0 Å². The molecule has 2 bridgehead atoms. The van der Waals surface area contributed by atoms with Gasteiger partial charge in [-0.1, -0.05) is 6.07 Å². The average Bonchev–Trinajstić information content (AvgIpc) is 2.79. The molecule has 12 heteroatoms. The highest BCUT2D eigenvalue weighted by atomic mass is 32.2. The number of fused-ring (bicyclic) bond motifs is 6. The van der Waals surface area contributed by atoms with Crippen molar-refractivity contribution in [2.75, 3.05) is 13.1 Å². The summed E-state index contributed by atoms with van der Waals surface area (Å²) in [4.78, 5) is 14.1. The Morgan fingerprint density at radius 1 is 1.19 bits per heavy atom. The molecular weight excluding hydrogens is 439 g/mol. The fourth-order valence-electron chi connectivity index (χ4n) is 3.22. The molecule has 170 valence electrons. The summed E-state index contributed by atoms with van der Waals surface area (Å²) in [6.07, 6.45) is 0.555. The molecular formula is C19H22F3N3O5S. The lowest BCUT2D eigenvalue weighted by molar-refractivity contribution is 0.00814. The van der Waals surface area contributed by atoms with Crippen LogP contribution in [-0.2, 0) is 27.7 Å². The van der Waals surface area contributed by atoms with Crippen molar-refractivity contribution in [3.8, 4) is 11.6 Å². The number of halogens is 3. The van der Waals surface area contributed by atoms with Gasteiger partial charge in [0.05, 0.1) is 11.4 Å². The van der Waals surface area contributed by atoms with E-state index < -0.39 is 22.4 Å². The number of carbonyl (C=O) groups excluding carboxylic acids is 1. The number of aromatic nitrogens is 2. The van der Waals surface area contributed by atoms with Gasteiger partial charge in [-0.15, -0.1) is 0 Å². The van der Waals surface area contributed by atoms with Crippen LogP contribution in [-0.4, -0.2) is 54.6 Å². The van der Waals surface area contributed by atoms with Crippen molar-refractivity contribution in [1.82, 2.24) is 14.7 Å². The SMILES string of the molecule is CC(C)(C)OC(=O)N1CCc2nn3c(c2CC1)OS(=O)(=O)c1cccc-3c1.FC(F)F. The summed E-state index contributed by atoms with van der Waals surface area (Å²) in [7, 11) is -3.91. The molecule has 31 heavy (non-hydrogen) atoms. The van der Waals surface area contributed by atoms with Gasteiger partial charge in [-0.25, -0.2) is 4.79 Å². The number of hydrogen-bond donors (Lipinski definition) is 0. The zero-order chi connectivity index (χ0) is 23.0. The first-order valence-electron chi connectivity index (χ1n) is 9.43. The minimum absolute atomic E-state index is 0.100. The van der Waals surface area contributed by atoms with Crippen LogP contribution in [0.2, 0.25) is 0 Å². The Kier molecular flexibility index (Phi) is 6.21. The molecule has 2 aromatic rings. The molecule has 0 fully saturated rings. The van der Waals surface area contributed by atoms with Crippen LogP contribution in [0.1, 0.15) is 32.0 Å². The van der Waals surface area contributed by atoms with Gasteiger partial charge in [-0.2, -0.15) is 31.4 Å². The van der Waals surface area contributed by atoms with Gasteiger partial charge in [0, 0.05) is 25.1 Å². The Labute approximate surface area is 177 Å². The normalized spacial score (nSPS) is 16.7. The molecule has 1 aromatic carbocycles. The summed E-state index contributed by atoms with van der Waals surface area (Å²) in [6.45, 7) is 2.65. The number of nitrogens with zero attached hydrogens (tertiary/aromatic N) is 3. The monoisotopic (exact) mass is 461 g/mol. The minimum atomic E-state index is -3.91. The largest absolute Gasteiger partial charge is 0.444 e. The first kappa shape index (κ1) is 22.9. The highest BCUT2D eigenvalue weighted by Crippen LogP contribution is 2.34. The fraction of sp³-hybridized carbons (Fsp3) is 0.474. The highest BCUT2D eigenvalue weighted by molar-refractivity contribution is 7.87. The van der Waals surface area contributed by atoms with Gasteiger partial charge < -0.3 is 13.8 Å². The van der Waals surface area contributed by atoms with E-state index in [-0.39, 0.29) is 16.9 Å².